The summed E-state index contributed by atoms with van der Waals surface area (Å²) in [6.45, 7) is 5.90. The Labute approximate surface area is 133 Å². The Morgan fingerprint density at radius 1 is 1.05 bits per heavy atom. The molecule has 0 spiro atoms. The van der Waals surface area contributed by atoms with Gasteiger partial charge in [-0.3, -0.25) is 0 Å². The zero-order valence-corrected chi connectivity index (χ0v) is 14.5. The van der Waals surface area contributed by atoms with Crippen LogP contribution in [0.4, 0.5) is 0 Å². The lowest BCUT2D eigenvalue weighted by Crippen LogP contribution is -2.14. The van der Waals surface area contributed by atoms with E-state index in [0.29, 0.717) is 11.5 Å². The minimum Gasteiger partial charge on any atom is -0.493 e. The molecule has 21 heavy (non-hydrogen) atoms. The van der Waals surface area contributed by atoms with Crippen LogP contribution in [0, 0.1) is 20.8 Å². The Morgan fingerprint density at radius 2 is 1.62 bits per heavy atom. The molecular weight excluding hydrogens is 334 g/mol. The highest BCUT2D eigenvalue weighted by Gasteiger charge is 2.22. The number of aryl methyl sites for hydroxylation is 2. The lowest BCUT2D eigenvalue weighted by molar-refractivity contribution is 0.354. The molecule has 1 atom stereocenters. The molecule has 2 aromatic rings. The van der Waals surface area contributed by atoms with E-state index in [9.17, 15) is 0 Å². The van der Waals surface area contributed by atoms with E-state index in [-0.39, 0.29) is 6.04 Å². The van der Waals surface area contributed by atoms with Crippen molar-refractivity contribution in [2.24, 2.45) is 5.73 Å². The molecule has 0 bridgehead atoms. The minimum absolute atomic E-state index is 0.295. The van der Waals surface area contributed by atoms with Crippen LogP contribution in [0.2, 0.25) is 0 Å². The summed E-state index contributed by atoms with van der Waals surface area (Å²) in [4.78, 5) is 0. The Balaban J connectivity index is 2.55. The van der Waals surface area contributed by atoms with Crippen molar-refractivity contribution in [3.63, 3.8) is 0 Å². The van der Waals surface area contributed by atoms with Gasteiger partial charge in [-0.15, -0.1) is 0 Å². The second-order valence-electron chi connectivity index (χ2n) is 4.96. The fourth-order valence-corrected chi connectivity index (χ4v) is 3.10. The average Bonchev–Trinajstić information content (AvgIpc) is 2.71. The Morgan fingerprint density at radius 3 is 2.10 bits per heavy atom. The summed E-state index contributed by atoms with van der Waals surface area (Å²) in [5.41, 5.74) is 9.49. The Hall–Kier alpha value is -1.46. The normalized spacial score (nSPS) is 12.3. The van der Waals surface area contributed by atoms with Crippen LogP contribution in [0.25, 0.3) is 0 Å². The Bertz CT molecular complexity index is 664. The summed E-state index contributed by atoms with van der Waals surface area (Å²) < 4.78 is 17.2. The van der Waals surface area contributed by atoms with Gasteiger partial charge in [-0.05, 0) is 44.0 Å². The topological polar surface area (TPSA) is 57.6 Å². The van der Waals surface area contributed by atoms with Crippen molar-refractivity contribution in [2.75, 3.05) is 14.2 Å². The second kappa shape index (κ2) is 6.12. The minimum atomic E-state index is -0.295. The van der Waals surface area contributed by atoms with Crippen LogP contribution >= 0.6 is 15.9 Å². The summed E-state index contributed by atoms with van der Waals surface area (Å²) in [6, 6.07) is 3.47. The predicted octanol–water partition coefficient (Wildman–Crippen LogP) is 4.03. The monoisotopic (exact) mass is 353 g/mol. The molecular formula is C16H20BrNO3. The first-order chi connectivity index (χ1) is 9.90. The number of rotatable bonds is 4. The van der Waals surface area contributed by atoms with Gasteiger partial charge in [0.1, 0.15) is 11.5 Å². The highest BCUT2D eigenvalue weighted by Crippen LogP contribution is 2.39. The second-order valence-corrected chi connectivity index (χ2v) is 5.81. The van der Waals surface area contributed by atoms with E-state index in [2.05, 4.69) is 15.9 Å². The van der Waals surface area contributed by atoms with Crippen molar-refractivity contribution in [1.29, 1.82) is 0 Å². The van der Waals surface area contributed by atoms with Crippen molar-refractivity contribution in [3.8, 4) is 11.5 Å². The first kappa shape index (κ1) is 15.9. The van der Waals surface area contributed by atoms with Gasteiger partial charge in [-0.25, -0.2) is 0 Å². The van der Waals surface area contributed by atoms with Crippen LogP contribution in [0.1, 0.15) is 34.3 Å². The van der Waals surface area contributed by atoms with Crippen LogP contribution in [0.5, 0.6) is 11.5 Å². The molecule has 0 aliphatic heterocycles. The van der Waals surface area contributed by atoms with Gasteiger partial charge in [0.05, 0.1) is 20.3 Å². The number of hydrogen-bond donors (Lipinski definition) is 1. The van der Waals surface area contributed by atoms with Crippen molar-refractivity contribution in [2.45, 2.75) is 26.8 Å². The van der Waals surface area contributed by atoms with Crippen LogP contribution in [0.15, 0.2) is 21.0 Å². The molecule has 0 saturated carbocycles. The number of halogens is 1. The molecule has 0 radical (unpaired) electrons. The van der Waals surface area contributed by atoms with Crippen LogP contribution in [-0.2, 0) is 0 Å². The lowest BCUT2D eigenvalue weighted by atomic mass is 9.96. The number of methoxy groups -OCH3 is 2. The summed E-state index contributed by atoms with van der Waals surface area (Å²) in [5, 5.41) is 0. The number of benzene rings is 1. The molecule has 4 nitrogen and oxygen atoms in total. The van der Waals surface area contributed by atoms with Crippen molar-refractivity contribution in [1.82, 2.24) is 0 Å². The highest BCUT2D eigenvalue weighted by atomic mass is 79.9. The molecule has 0 saturated heterocycles. The van der Waals surface area contributed by atoms with Gasteiger partial charge in [-0.1, -0.05) is 15.9 Å². The quantitative estimate of drug-likeness (QED) is 0.901. The van der Waals surface area contributed by atoms with Gasteiger partial charge in [0.15, 0.2) is 11.5 Å². The fourth-order valence-electron chi connectivity index (χ4n) is 2.53. The maximum Gasteiger partial charge on any atom is 0.161 e. The molecule has 2 N–H and O–H groups in total. The van der Waals surface area contributed by atoms with Gasteiger partial charge in [-0.2, -0.15) is 0 Å². The highest BCUT2D eigenvalue weighted by molar-refractivity contribution is 9.10. The summed E-state index contributed by atoms with van der Waals surface area (Å²) in [6.07, 6.45) is 0. The first-order valence-electron chi connectivity index (χ1n) is 6.64. The third-order valence-corrected chi connectivity index (χ3v) is 4.45. The maximum absolute atomic E-state index is 6.46. The van der Waals surface area contributed by atoms with E-state index in [0.717, 1.165) is 32.7 Å². The van der Waals surface area contributed by atoms with Gasteiger partial charge < -0.3 is 19.6 Å². The number of hydrogen-bond acceptors (Lipinski definition) is 4. The van der Waals surface area contributed by atoms with E-state index in [1.165, 1.54) is 0 Å². The molecule has 114 valence electrons. The van der Waals surface area contributed by atoms with E-state index in [4.69, 9.17) is 19.6 Å². The zero-order chi connectivity index (χ0) is 15.7. The SMILES string of the molecule is COc1cc(Br)c(C(N)c2c(C)oc(C)c2C)cc1OC. The van der Waals surface area contributed by atoms with Crippen LogP contribution in [0.3, 0.4) is 0 Å². The zero-order valence-electron chi connectivity index (χ0n) is 12.9. The van der Waals surface area contributed by atoms with Crippen molar-refractivity contribution < 1.29 is 13.9 Å². The fraction of sp³-hybridized carbons (Fsp3) is 0.375. The third-order valence-electron chi connectivity index (χ3n) is 3.77. The maximum atomic E-state index is 6.46. The molecule has 1 aromatic carbocycles. The van der Waals surface area contributed by atoms with E-state index >= 15 is 0 Å². The van der Waals surface area contributed by atoms with Crippen molar-refractivity contribution in [3.05, 3.63) is 44.8 Å². The number of nitrogens with two attached hydrogens (primary N) is 1. The molecule has 1 heterocycles. The standard InChI is InChI=1S/C16H20BrNO3/c1-8-9(2)21-10(3)15(8)16(18)11-6-13(19-4)14(20-5)7-12(11)17/h6-7,16H,18H2,1-5H3. The van der Waals surface area contributed by atoms with Gasteiger partial charge >= 0.3 is 0 Å². The average molecular weight is 354 g/mol. The predicted molar refractivity (Wildman–Crippen MR) is 86.2 cm³/mol. The lowest BCUT2D eigenvalue weighted by Gasteiger charge is -2.17. The van der Waals surface area contributed by atoms with Crippen LogP contribution in [-0.4, -0.2) is 14.2 Å². The molecule has 0 aliphatic rings. The van der Waals surface area contributed by atoms with Crippen LogP contribution < -0.4 is 15.2 Å². The molecule has 1 aromatic heterocycles. The third kappa shape index (κ3) is 2.80. The molecule has 1 unspecified atom stereocenters. The van der Waals surface area contributed by atoms with E-state index in [1.54, 1.807) is 14.2 Å². The first-order valence-corrected chi connectivity index (χ1v) is 7.43. The molecule has 2 rings (SSSR count). The molecule has 0 aliphatic carbocycles. The molecule has 0 fully saturated rings. The molecule has 5 heteroatoms. The summed E-state index contributed by atoms with van der Waals surface area (Å²) in [7, 11) is 3.22. The Kier molecular flexibility index (Phi) is 4.64. The smallest absolute Gasteiger partial charge is 0.161 e. The van der Waals surface area contributed by atoms with Gasteiger partial charge in [0.2, 0.25) is 0 Å². The van der Waals surface area contributed by atoms with E-state index in [1.807, 2.05) is 32.9 Å². The number of furan rings is 1. The van der Waals surface area contributed by atoms with Gasteiger partial charge in [0.25, 0.3) is 0 Å². The number of ether oxygens (including phenoxy) is 2. The van der Waals surface area contributed by atoms with Gasteiger partial charge in [0, 0.05) is 10.0 Å². The largest absolute Gasteiger partial charge is 0.493 e. The van der Waals surface area contributed by atoms with Crippen molar-refractivity contribution >= 4 is 15.9 Å². The van der Waals surface area contributed by atoms with E-state index < -0.39 is 0 Å². The summed E-state index contributed by atoms with van der Waals surface area (Å²) in [5.74, 6) is 3.06. The summed E-state index contributed by atoms with van der Waals surface area (Å²) >= 11 is 3.56. The molecule has 0 amide bonds.